The van der Waals surface area contributed by atoms with Crippen LogP contribution < -0.4 is 16.4 Å². The number of carbonyl (C=O) groups is 3. The minimum absolute atomic E-state index is 0.109. The number of carbonyl (C=O) groups excluding carboxylic acids is 3. The van der Waals surface area contributed by atoms with Crippen molar-refractivity contribution < 1.29 is 23.5 Å². The number of benzene rings is 1. The monoisotopic (exact) mass is 674 g/mol. The molecule has 2 heterocycles. The molecule has 0 spiro atoms. The maximum absolute atomic E-state index is 13.2. The number of fused-ring (bicyclic) bond motifs is 1. The molecule has 12 heteroatoms. The molecule has 0 radical (unpaired) electrons. The third-order valence-corrected chi connectivity index (χ3v) is 10.6. The van der Waals surface area contributed by atoms with Gasteiger partial charge in [0.2, 0.25) is 5.91 Å². The number of halogens is 2. The Bertz CT molecular complexity index is 1420. The Balaban J connectivity index is 0.000000427. The van der Waals surface area contributed by atoms with Gasteiger partial charge in [0.05, 0.1) is 16.3 Å². The zero-order valence-electron chi connectivity index (χ0n) is 28.9. The summed E-state index contributed by atoms with van der Waals surface area (Å²) in [5.41, 5.74) is 7.26. The highest BCUT2D eigenvalue weighted by Crippen LogP contribution is 2.52. The molecule has 2 saturated carbocycles. The van der Waals surface area contributed by atoms with E-state index in [4.69, 9.17) is 22.1 Å². The summed E-state index contributed by atoms with van der Waals surface area (Å²) in [5.74, 6) is 2.40. The third kappa shape index (κ3) is 8.77. The molecular formula is C35H52ClFN6O4. The Morgan fingerprint density at radius 1 is 1.11 bits per heavy atom. The van der Waals surface area contributed by atoms with Crippen molar-refractivity contribution in [3.63, 3.8) is 0 Å². The quantitative estimate of drug-likeness (QED) is 0.281. The first kappa shape index (κ1) is 36.5. The van der Waals surface area contributed by atoms with E-state index in [0.717, 1.165) is 56.2 Å². The van der Waals surface area contributed by atoms with Crippen LogP contribution in [0, 0.1) is 34.9 Å². The summed E-state index contributed by atoms with van der Waals surface area (Å²) in [6.07, 6.45) is 6.46. The number of aromatic nitrogens is 2. The van der Waals surface area contributed by atoms with E-state index >= 15 is 0 Å². The number of ether oxygens (including phenoxy) is 1. The van der Waals surface area contributed by atoms with E-state index in [1.807, 2.05) is 34.6 Å². The fraction of sp³-hybridized carbons (Fsp3) is 0.657. The van der Waals surface area contributed by atoms with Crippen LogP contribution in [-0.2, 0) is 16.6 Å². The average Bonchev–Trinajstić information content (AvgIpc) is 3.68. The smallest absolute Gasteiger partial charge is 0.410 e. The van der Waals surface area contributed by atoms with Crippen LogP contribution >= 0.6 is 11.6 Å². The molecular weight excluding hydrogens is 623 g/mol. The fourth-order valence-corrected chi connectivity index (χ4v) is 7.72. The number of nitrogens with one attached hydrogen (secondary N) is 2. The second-order valence-electron chi connectivity index (χ2n) is 15.0. The number of nitrogens with zero attached hydrogens (tertiary/aromatic N) is 3. The molecule has 2 unspecified atom stereocenters. The molecule has 4 N–H and O–H groups in total. The van der Waals surface area contributed by atoms with E-state index < -0.39 is 11.0 Å². The zero-order chi connectivity index (χ0) is 34.7. The van der Waals surface area contributed by atoms with Gasteiger partial charge in [-0.3, -0.25) is 14.3 Å². The minimum atomic E-state index is -0.502. The Hall–Kier alpha value is -3.34. The van der Waals surface area contributed by atoms with E-state index in [-0.39, 0.29) is 28.8 Å². The van der Waals surface area contributed by atoms with Crippen LogP contribution in [0.2, 0.25) is 5.02 Å². The molecule has 1 aliphatic heterocycles. The summed E-state index contributed by atoms with van der Waals surface area (Å²) >= 11 is 5.48. The normalized spacial score (nSPS) is 23.0. The Morgan fingerprint density at radius 2 is 1.72 bits per heavy atom. The third-order valence-electron chi connectivity index (χ3n) is 10.3. The van der Waals surface area contributed by atoms with Crippen molar-refractivity contribution in [3.8, 4) is 0 Å². The lowest BCUT2D eigenvalue weighted by molar-refractivity contribution is -0.133. The number of amides is 2. The standard InChI is InChI=1S/C28H45N5O4.C7H7ClFN/c1-27(2,3)37-26(36)33-9-7-21(8-10-33)28(4,5)25(35)30-15-17-11-18-13-20(14-19(18)12-17)23-22(16-34)24(29)32(6)31-23;1-10-5-2-3-7(9)6(8)4-5/h16-21H,7-15,29H2,1-6H3,(H,30,35);2-4,10H,1H3. The minimum Gasteiger partial charge on any atom is -0.444 e. The molecule has 1 aromatic heterocycles. The number of nitrogen functional groups attached to an aromatic ring is 1. The molecule has 1 aromatic carbocycles. The van der Waals surface area contributed by atoms with E-state index in [2.05, 4.69) is 15.7 Å². The highest BCUT2D eigenvalue weighted by molar-refractivity contribution is 6.31. The number of anilines is 2. The molecule has 2 atom stereocenters. The number of hydrogen-bond donors (Lipinski definition) is 3. The first-order chi connectivity index (χ1) is 22.0. The van der Waals surface area contributed by atoms with Gasteiger partial charge < -0.3 is 26.0 Å². The molecule has 2 aromatic rings. The van der Waals surface area contributed by atoms with Gasteiger partial charge in [0, 0.05) is 50.7 Å². The second-order valence-corrected chi connectivity index (χ2v) is 15.4. The van der Waals surface area contributed by atoms with Crippen LogP contribution in [-0.4, -0.2) is 65.2 Å². The molecule has 260 valence electrons. The van der Waals surface area contributed by atoms with Crippen LogP contribution in [0.15, 0.2) is 18.2 Å². The number of piperidine rings is 1. The highest BCUT2D eigenvalue weighted by Gasteiger charge is 2.44. The lowest BCUT2D eigenvalue weighted by Gasteiger charge is -2.40. The summed E-state index contributed by atoms with van der Waals surface area (Å²) in [5, 5.41) is 10.8. The van der Waals surface area contributed by atoms with Crippen molar-refractivity contribution in [2.75, 3.05) is 37.7 Å². The van der Waals surface area contributed by atoms with Gasteiger partial charge in [0.1, 0.15) is 17.2 Å². The van der Waals surface area contributed by atoms with Crippen LogP contribution in [0.5, 0.6) is 0 Å². The topological polar surface area (TPSA) is 132 Å². The fourth-order valence-electron chi connectivity index (χ4n) is 7.54. The molecule has 10 nitrogen and oxygen atoms in total. The summed E-state index contributed by atoms with van der Waals surface area (Å²) in [4.78, 5) is 38.9. The Labute approximate surface area is 283 Å². The molecule has 47 heavy (non-hydrogen) atoms. The SMILES string of the molecule is CNc1ccc(F)c(Cl)c1.Cn1nc(C2CC3CC(CNC(=O)C(C)(C)C4CCN(C(=O)OC(C)(C)C)CC4)CC3C2)c(C=O)c1N. The molecule has 2 aliphatic carbocycles. The molecule has 3 aliphatic rings. The summed E-state index contributed by atoms with van der Waals surface area (Å²) in [6, 6.07) is 4.49. The Kier molecular flexibility index (Phi) is 11.5. The maximum atomic E-state index is 13.2. The first-order valence-electron chi connectivity index (χ1n) is 16.7. The van der Waals surface area contributed by atoms with Gasteiger partial charge in [-0.2, -0.15) is 5.10 Å². The summed E-state index contributed by atoms with van der Waals surface area (Å²) in [7, 11) is 3.54. The predicted octanol–water partition coefficient (Wildman–Crippen LogP) is 6.64. The van der Waals surface area contributed by atoms with Gasteiger partial charge in [-0.1, -0.05) is 25.4 Å². The van der Waals surface area contributed by atoms with Crippen molar-refractivity contribution in [3.05, 3.63) is 40.3 Å². The van der Waals surface area contributed by atoms with E-state index in [9.17, 15) is 18.8 Å². The summed E-state index contributed by atoms with van der Waals surface area (Å²) in [6.45, 7) is 11.7. The molecule has 5 rings (SSSR count). The van der Waals surface area contributed by atoms with E-state index in [1.54, 1.807) is 29.7 Å². The largest absolute Gasteiger partial charge is 0.444 e. The zero-order valence-corrected chi connectivity index (χ0v) is 29.6. The number of hydrogen-bond acceptors (Lipinski definition) is 7. The van der Waals surface area contributed by atoms with Crippen LogP contribution in [0.3, 0.4) is 0 Å². The molecule has 1 saturated heterocycles. The van der Waals surface area contributed by atoms with Gasteiger partial charge >= 0.3 is 6.09 Å². The van der Waals surface area contributed by atoms with Gasteiger partial charge in [-0.25, -0.2) is 9.18 Å². The average molecular weight is 675 g/mol. The van der Waals surface area contributed by atoms with Gasteiger partial charge in [0.15, 0.2) is 6.29 Å². The van der Waals surface area contributed by atoms with E-state index in [0.29, 0.717) is 54.7 Å². The van der Waals surface area contributed by atoms with Crippen molar-refractivity contribution >= 4 is 41.4 Å². The molecule has 2 amide bonds. The Morgan fingerprint density at radius 3 is 2.26 bits per heavy atom. The highest BCUT2D eigenvalue weighted by atomic mass is 35.5. The van der Waals surface area contributed by atoms with Gasteiger partial charge in [-0.05, 0) is 101 Å². The first-order valence-corrected chi connectivity index (χ1v) is 17.1. The van der Waals surface area contributed by atoms with Crippen LogP contribution in [0.4, 0.5) is 20.7 Å². The van der Waals surface area contributed by atoms with Crippen molar-refractivity contribution in [1.29, 1.82) is 0 Å². The van der Waals surface area contributed by atoms with Crippen LogP contribution in [0.1, 0.15) is 95.1 Å². The predicted molar refractivity (Wildman–Crippen MR) is 183 cm³/mol. The lowest BCUT2D eigenvalue weighted by atomic mass is 9.73. The van der Waals surface area contributed by atoms with Crippen LogP contribution in [0.25, 0.3) is 0 Å². The summed E-state index contributed by atoms with van der Waals surface area (Å²) < 4.78 is 19.6. The maximum Gasteiger partial charge on any atom is 0.410 e. The molecule has 0 bridgehead atoms. The number of aryl methyl sites for hydroxylation is 1. The van der Waals surface area contributed by atoms with Gasteiger partial charge in [0.25, 0.3) is 0 Å². The second kappa shape index (κ2) is 14.8. The van der Waals surface area contributed by atoms with E-state index in [1.165, 1.54) is 12.1 Å². The lowest BCUT2D eigenvalue weighted by Crippen LogP contribution is -2.49. The van der Waals surface area contributed by atoms with Crippen molar-refractivity contribution in [2.45, 2.75) is 84.7 Å². The van der Waals surface area contributed by atoms with Gasteiger partial charge in [-0.15, -0.1) is 0 Å². The van der Waals surface area contributed by atoms with Crippen molar-refractivity contribution in [1.82, 2.24) is 20.0 Å². The number of rotatable bonds is 7. The number of likely N-dealkylation sites (tertiary alicyclic amines) is 1. The molecule has 3 fully saturated rings. The van der Waals surface area contributed by atoms with Crippen molar-refractivity contribution in [2.24, 2.45) is 36.1 Å². The number of aldehydes is 1. The number of nitrogens with two attached hydrogens (primary N) is 1.